The third kappa shape index (κ3) is 2.37. The molecule has 0 aliphatic rings. The molecule has 1 amide bonds. The van der Waals surface area contributed by atoms with Crippen molar-refractivity contribution in [1.29, 1.82) is 0 Å². The molecule has 0 bridgehead atoms. The number of fused-ring (bicyclic) bond motifs is 1. The molecule has 0 aliphatic carbocycles. The number of hydrogen-bond acceptors (Lipinski definition) is 5. The van der Waals surface area contributed by atoms with Gasteiger partial charge in [-0.3, -0.25) is 4.79 Å². The van der Waals surface area contributed by atoms with Crippen LogP contribution in [0.4, 0.5) is 5.13 Å². The number of ether oxygens (including phenoxy) is 1. The smallest absolute Gasteiger partial charge is 0.242 e. The molecule has 17 heavy (non-hydrogen) atoms. The Hall–Kier alpha value is -1.66. The molecular formula is C11H13N3O2S. The number of methoxy groups -OCH3 is 1. The van der Waals surface area contributed by atoms with Crippen molar-refractivity contribution >= 4 is 32.6 Å². The molecule has 0 saturated heterocycles. The van der Waals surface area contributed by atoms with Gasteiger partial charge in [0.15, 0.2) is 5.13 Å². The zero-order chi connectivity index (χ0) is 12.4. The van der Waals surface area contributed by atoms with Crippen molar-refractivity contribution in [1.82, 2.24) is 4.98 Å². The van der Waals surface area contributed by atoms with Crippen LogP contribution in [0.1, 0.15) is 6.92 Å². The Morgan fingerprint density at radius 1 is 1.59 bits per heavy atom. The number of carbonyl (C=O) groups is 1. The molecule has 0 unspecified atom stereocenters. The number of amides is 1. The van der Waals surface area contributed by atoms with E-state index >= 15 is 0 Å². The Morgan fingerprint density at radius 2 is 2.35 bits per heavy atom. The van der Waals surface area contributed by atoms with Crippen LogP contribution >= 0.6 is 11.3 Å². The predicted octanol–water partition coefficient (Wildman–Crippen LogP) is 1.59. The number of hydrogen-bond donors (Lipinski definition) is 2. The van der Waals surface area contributed by atoms with Gasteiger partial charge in [0.05, 0.1) is 17.9 Å². The number of carbonyl (C=O) groups excluding carboxylic acids is 1. The molecule has 1 aromatic carbocycles. The number of benzene rings is 1. The highest BCUT2D eigenvalue weighted by molar-refractivity contribution is 7.22. The minimum Gasteiger partial charge on any atom is -0.494 e. The zero-order valence-electron chi connectivity index (χ0n) is 9.56. The minimum absolute atomic E-state index is 0.247. The number of rotatable bonds is 3. The normalized spacial score (nSPS) is 12.4. The van der Waals surface area contributed by atoms with Crippen LogP contribution in [0.25, 0.3) is 10.2 Å². The van der Waals surface area contributed by atoms with Crippen LogP contribution in [0.5, 0.6) is 5.75 Å². The maximum Gasteiger partial charge on any atom is 0.242 e. The van der Waals surface area contributed by atoms with Gasteiger partial charge in [0, 0.05) is 0 Å². The largest absolute Gasteiger partial charge is 0.494 e. The molecule has 0 aliphatic heterocycles. The zero-order valence-corrected chi connectivity index (χ0v) is 10.4. The fourth-order valence-electron chi connectivity index (χ4n) is 1.36. The molecule has 1 heterocycles. The van der Waals surface area contributed by atoms with Crippen LogP contribution in [0, 0.1) is 0 Å². The summed E-state index contributed by atoms with van der Waals surface area (Å²) in [5, 5.41) is 3.20. The topological polar surface area (TPSA) is 77.2 Å². The summed E-state index contributed by atoms with van der Waals surface area (Å²) in [6.07, 6.45) is 0. The molecule has 0 spiro atoms. The van der Waals surface area contributed by atoms with Crippen LogP contribution in [0.2, 0.25) is 0 Å². The van der Waals surface area contributed by atoms with Crippen molar-refractivity contribution in [2.75, 3.05) is 12.4 Å². The Balaban J connectivity index is 2.35. The van der Waals surface area contributed by atoms with E-state index in [-0.39, 0.29) is 5.91 Å². The summed E-state index contributed by atoms with van der Waals surface area (Å²) in [6.45, 7) is 1.63. The molecule has 0 fully saturated rings. The second-order valence-electron chi connectivity index (χ2n) is 3.60. The first-order chi connectivity index (χ1) is 8.11. The van der Waals surface area contributed by atoms with Gasteiger partial charge >= 0.3 is 0 Å². The molecule has 0 saturated carbocycles. The van der Waals surface area contributed by atoms with Crippen LogP contribution < -0.4 is 15.8 Å². The highest BCUT2D eigenvalue weighted by Gasteiger charge is 2.12. The summed E-state index contributed by atoms with van der Waals surface area (Å²) in [4.78, 5) is 15.8. The van der Waals surface area contributed by atoms with Crippen molar-refractivity contribution in [3.05, 3.63) is 18.2 Å². The van der Waals surface area contributed by atoms with E-state index in [4.69, 9.17) is 10.5 Å². The molecule has 2 aromatic rings. The van der Waals surface area contributed by atoms with Gasteiger partial charge in [0.1, 0.15) is 11.3 Å². The van der Waals surface area contributed by atoms with E-state index < -0.39 is 6.04 Å². The van der Waals surface area contributed by atoms with Gasteiger partial charge in [-0.05, 0) is 19.1 Å². The first kappa shape index (κ1) is 11.8. The molecule has 5 nitrogen and oxygen atoms in total. The Kier molecular flexibility index (Phi) is 3.26. The third-order valence-corrected chi connectivity index (χ3v) is 3.18. The molecule has 2 rings (SSSR count). The highest BCUT2D eigenvalue weighted by Crippen LogP contribution is 2.31. The van der Waals surface area contributed by atoms with E-state index in [1.165, 1.54) is 11.3 Å². The third-order valence-electron chi connectivity index (χ3n) is 2.25. The first-order valence-corrected chi connectivity index (χ1v) is 5.93. The summed E-state index contributed by atoms with van der Waals surface area (Å²) in [6, 6.07) is 5.09. The fourth-order valence-corrected chi connectivity index (χ4v) is 2.25. The van der Waals surface area contributed by atoms with Crippen molar-refractivity contribution in [2.24, 2.45) is 5.73 Å². The Morgan fingerprint density at radius 3 is 3.00 bits per heavy atom. The number of para-hydroxylation sites is 1. The molecule has 3 N–H and O–H groups in total. The lowest BCUT2D eigenvalue weighted by Gasteiger charge is -2.03. The van der Waals surface area contributed by atoms with Gasteiger partial charge in [-0.1, -0.05) is 17.4 Å². The number of aromatic nitrogens is 1. The lowest BCUT2D eigenvalue weighted by Crippen LogP contribution is -2.32. The molecular weight excluding hydrogens is 238 g/mol. The second-order valence-corrected chi connectivity index (χ2v) is 4.63. The van der Waals surface area contributed by atoms with Gasteiger partial charge in [-0.25, -0.2) is 4.98 Å². The first-order valence-electron chi connectivity index (χ1n) is 5.12. The fraction of sp³-hybridized carbons (Fsp3) is 0.273. The number of anilines is 1. The molecule has 6 heteroatoms. The summed E-state index contributed by atoms with van der Waals surface area (Å²) < 4.78 is 6.16. The standard InChI is InChI=1S/C11H13N3O2S/c1-6(12)10(15)14-11-13-9-7(16-2)4-3-5-8(9)17-11/h3-6H,12H2,1-2H3,(H,13,14,15)/t6-/m1/s1. The van der Waals surface area contributed by atoms with Crippen LogP contribution in [-0.2, 0) is 4.79 Å². The van der Waals surface area contributed by atoms with E-state index in [0.29, 0.717) is 10.9 Å². The van der Waals surface area contributed by atoms with E-state index in [9.17, 15) is 4.79 Å². The van der Waals surface area contributed by atoms with E-state index in [1.54, 1.807) is 14.0 Å². The maximum atomic E-state index is 11.4. The average molecular weight is 251 g/mol. The van der Waals surface area contributed by atoms with E-state index in [1.807, 2.05) is 18.2 Å². The number of thiazole rings is 1. The van der Waals surface area contributed by atoms with Crippen molar-refractivity contribution in [3.63, 3.8) is 0 Å². The quantitative estimate of drug-likeness (QED) is 0.868. The lowest BCUT2D eigenvalue weighted by atomic mass is 10.3. The molecule has 90 valence electrons. The van der Waals surface area contributed by atoms with E-state index in [2.05, 4.69) is 10.3 Å². The molecule has 1 atom stereocenters. The summed E-state index contributed by atoms with van der Waals surface area (Å²) >= 11 is 1.39. The lowest BCUT2D eigenvalue weighted by molar-refractivity contribution is -0.117. The van der Waals surface area contributed by atoms with Crippen LogP contribution in [0.15, 0.2) is 18.2 Å². The summed E-state index contributed by atoms with van der Waals surface area (Å²) in [5.74, 6) is 0.447. The summed E-state index contributed by atoms with van der Waals surface area (Å²) in [5.41, 5.74) is 6.22. The van der Waals surface area contributed by atoms with Gasteiger partial charge in [0.25, 0.3) is 0 Å². The maximum absolute atomic E-state index is 11.4. The van der Waals surface area contributed by atoms with Crippen LogP contribution in [0.3, 0.4) is 0 Å². The average Bonchev–Trinajstić information content (AvgIpc) is 2.70. The van der Waals surface area contributed by atoms with Crippen LogP contribution in [-0.4, -0.2) is 24.0 Å². The van der Waals surface area contributed by atoms with Crippen molar-refractivity contribution in [3.8, 4) is 5.75 Å². The SMILES string of the molecule is COc1cccc2sc(NC(=O)[C@@H](C)N)nc12. The number of nitrogens with one attached hydrogen (secondary N) is 1. The number of nitrogens with two attached hydrogens (primary N) is 1. The van der Waals surface area contributed by atoms with Gasteiger partial charge in [-0.15, -0.1) is 0 Å². The number of nitrogens with zero attached hydrogens (tertiary/aromatic N) is 1. The summed E-state index contributed by atoms with van der Waals surface area (Å²) in [7, 11) is 1.59. The van der Waals surface area contributed by atoms with Crippen molar-refractivity contribution in [2.45, 2.75) is 13.0 Å². The molecule has 0 radical (unpaired) electrons. The monoisotopic (exact) mass is 251 g/mol. The second kappa shape index (κ2) is 4.68. The Labute approximate surface area is 103 Å². The van der Waals surface area contributed by atoms with Gasteiger partial charge in [-0.2, -0.15) is 0 Å². The van der Waals surface area contributed by atoms with E-state index in [0.717, 1.165) is 10.2 Å². The molecule has 1 aromatic heterocycles. The minimum atomic E-state index is -0.552. The highest BCUT2D eigenvalue weighted by atomic mass is 32.1. The van der Waals surface area contributed by atoms with Gasteiger partial charge < -0.3 is 15.8 Å². The Bertz CT molecular complexity index is 551. The van der Waals surface area contributed by atoms with Gasteiger partial charge in [0.2, 0.25) is 5.91 Å². The van der Waals surface area contributed by atoms with Crippen molar-refractivity contribution < 1.29 is 9.53 Å². The predicted molar refractivity (Wildman–Crippen MR) is 68.5 cm³/mol.